The molecule has 0 aromatic rings. The molecule has 4 aliphatic rings. The minimum absolute atomic E-state index is 0.708. The van der Waals surface area contributed by atoms with Crippen LogP contribution in [0.5, 0.6) is 0 Å². The Morgan fingerprint density at radius 1 is 0.733 bits per heavy atom. The zero-order valence-electron chi connectivity index (χ0n) is 20.6. The van der Waals surface area contributed by atoms with Crippen molar-refractivity contribution in [3.05, 3.63) is 0 Å². The molecular weight excluding hydrogens is 368 g/mol. The van der Waals surface area contributed by atoms with E-state index < -0.39 is 0 Å². The number of piperazine rings is 1. The van der Waals surface area contributed by atoms with Crippen LogP contribution in [0.4, 0.5) is 0 Å². The molecule has 0 aromatic carbocycles. The van der Waals surface area contributed by atoms with E-state index in [4.69, 9.17) is 0 Å². The molecule has 4 nitrogen and oxygen atoms in total. The van der Waals surface area contributed by atoms with Crippen LogP contribution in [-0.4, -0.2) is 97.1 Å². The summed E-state index contributed by atoms with van der Waals surface area (Å²) in [5.74, 6) is 1.81. The van der Waals surface area contributed by atoms with Crippen LogP contribution >= 0.6 is 0 Å². The molecule has 0 atom stereocenters. The minimum atomic E-state index is 0.708. The van der Waals surface area contributed by atoms with Crippen molar-refractivity contribution in [3.8, 4) is 0 Å². The topological polar surface area (TPSA) is 13.0 Å². The summed E-state index contributed by atoms with van der Waals surface area (Å²) < 4.78 is 0. The van der Waals surface area contributed by atoms with Crippen molar-refractivity contribution in [3.63, 3.8) is 0 Å². The molecule has 1 aliphatic carbocycles. The molecule has 0 spiro atoms. The summed E-state index contributed by atoms with van der Waals surface area (Å²) >= 11 is 0. The third-order valence-electron chi connectivity index (χ3n) is 8.73. The van der Waals surface area contributed by atoms with Gasteiger partial charge in [0, 0.05) is 51.4 Å². The first-order valence-electron chi connectivity index (χ1n) is 13.4. The summed E-state index contributed by atoms with van der Waals surface area (Å²) in [4.78, 5) is 11.1. The van der Waals surface area contributed by atoms with Crippen LogP contribution in [-0.2, 0) is 0 Å². The Kier molecular flexibility index (Phi) is 7.82. The number of nitrogens with zero attached hydrogens (tertiary/aromatic N) is 4. The van der Waals surface area contributed by atoms with E-state index in [9.17, 15) is 0 Å². The Morgan fingerprint density at radius 2 is 1.37 bits per heavy atom. The Balaban J connectivity index is 1.12. The second-order valence-electron chi connectivity index (χ2n) is 12.0. The van der Waals surface area contributed by atoms with Crippen molar-refractivity contribution in [2.75, 3.05) is 65.4 Å². The van der Waals surface area contributed by atoms with Gasteiger partial charge in [-0.2, -0.15) is 0 Å². The van der Waals surface area contributed by atoms with Crippen LogP contribution in [0.1, 0.15) is 72.6 Å². The molecule has 4 rings (SSSR count). The summed E-state index contributed by atoms with van der Waals surface area (Å²) in [5, 5.41) is 0. The van der Waals surface area contributed by atoms with E-state index in [1.54, 1.807) is 0 Å². The van der Waals surface area contributed by atoms with Gasteiger partial charge in [-0.1, -0.05) is 13.8 Å². The number of rotatable bonds is 8. The molecule has 3 aliphatic heterocycles. The van der Waals surface area contributed by atoms with Crippen LogP contribution < -0.4 is 0 Å². The average molecular weight is 419 g/mol. The smallest absolute Gasteiger partial charge is 0.0120 e. The van der Waals surface area contributed by atoms with E-state index in [1.165, 1.54) is 110 Å². The molecule has 0 unspecified atom stereocenters. The Bertz CT molecular complexity index is 505. The molecule has 0 radical (unpaired) electrons. The Hall–Kier alpha value is -0.160. The molecule has 4 fully saturated rings. The maximum absolute atomic E-state index is 2.87. The molecule has 3 heterocycles. The van der Waals surface area contributed by atoms with E-state index in [-0.39, 0.29) is 0 Å². The average Bonchev–Trinajstić information content (AvgIpc) is 3.47. The third-order valence-corrected chi connectivity index (χ3v) is 8.73. The fourth-order valence-corrected chi connectivity index (χ4v) is 6.71. The first kappa shape index (κ1) is 23.0. The van der Waals surface area contributed by atoms with E-state index >= 15 is 0 Å². The van der Waals surface area contributed by atoms with Crippen molar-refractivity contribution in [1.29, 1.82) is 0 Å². The lowest BCUT2D eigenvalue weighted by atomic mass is 9.91. The van der Waals surface area contributed by atoms with Gasteiger partial charge in [0.15, 0.2) is 0 Å². The maximum atomic E-state index is 2.87. The zero-order chi connectivity index (χ0) is 21.1. The third kappa shape index (κ3) is 6.21. The van der Waals surface area contributed by atoms with Crippen LogP contribution in [0.2, 0.25) is 0 Å². The zero-order valence-corrected chi connectivity index (χ0v) is 20.6. The summed E-state index contributed by atoms with van der Waals surface area (Å²) in [5.41, 5.74) is 0.708. The molecule has 1 saturated carbocycles. The molecule has 4 heteroatoms. The van der Waals surface area contributed by atoms with Gasteiger partial charge in [-0.15, -0.1) is 0 Å². The first-order chi connectivity index (χ1) is 14.4. The number of hydrogen-bond acceptors (Lipinski definition) is 4. The highest BCUT2D eigenvalue weighted by atomic mass is 15.3. The molecular formula is C26H50N4. The van der Waals surface area contributed by atoms with Gasteiger partial charge in [0.1, 0.15) is 0 Å². The maximum Gasteiger partial charge on any atom is 0.0120 e. The van der Waals surface area contributed by atoms with Gasteiger partial charge in [0.25, 0.3) is 0 Å². The van der Waals surface area contributed by atoms with Gasteiger partial charge >= 0.3 is 0 Å². The van der Waals surface area contributed by atoms with Gasteiger partial charge < -0.3 is 14.7 Å². The predicted octanol–water partition coefficient (Wildman–Crippen LogP) is 4.02. The molecule has 0 N–H and O–H groups in total. The standard InChI is InChI=1S/C26H50N4/c1-22(2)19-26(9-10-26)21-28-11-7-25(8-12-28)30-13-5-24(6-14-30)20-27-15-17-29(18-16-27)23(3)4/h22-25H,5-21H2,1-4H3. The molecule has 0 amide bonds. The lowest BCUT2D eigenvalue weighted by Crippen LogP contribution is -2.52. The van der Waals surface area contributed by atoms with Crippen LogP contribution in [0.25, 0.3) is 0 Å². The van der Waals surface area contributed by atoms with E-state index in [2.05, 4.69) is 47.3 Å². The summed E-state index contributed by atoms with van der Waals surface area (Å²) in [6.07, 6.45) is 10.1. The van der Waals surface area contributed by atoms with E-state index in [0.717, 1.165) is 17.9 Å². The number of hydrogen-bond donors (Lipinski definition) is 0. The van der Waals surface area contributed by atoms with Crippen molar-refractivity contribution < 1.29 is 0 Å². The second kappa shape index (κ2) is 10.2. The summed E-state index contributed by atoms with van der Waals surface area (Å²) in [6, 6.07) is 1.59. The highest BCUT2D eigenvalue weighted by Crippen LogP contribution is 2.51. The van der Waals surface area contributed by atoms with Gasteiger partial charge in [-0.05, 0) is 102 Å². The monoisotopic (exact) mass is 418 g/mol. The SMILES string of the molecule is CC(C)CC1(CN2CCC(N3CCC(CN4CCN(C(C)C)CC4)CC3)CC2)CC1. The van der Waals surface area contributed by atoms with Gasteiger partial charge in [-0.3, -0.25) is 4.90 Å². The quantitative estimate of drug-likeness (QED) is 0.590. The van der Waals surface area contributed by atoms with Crippen LogP contribution in [0.3, 0.4) is 0 Å². The lowest BCUT2D eigenvalue weighted by Gasteiger charge is -2.44. The number of likely N-dealkylation sites (tertiary alicyclic amines) is 2. The normalized spacial score (nSPS) is 28.6. The summed E-state index contributed by atoms with van der Waals surface area (Å²) in [7, 11) is 0. The fraction of sp³-hybridized carbons (Fsp3) is 1.00. The molecule has 0 aromatic heterocycles. The first-order valence-corrected chi connectivity index (χ1v) is 13.4. The van der Waals surface area contributed by atoms with Crippen LogP contribution in [0.15, 0.2) is 0 Å². The largest absolute Gasteiger partial charge is 0.303 e. The van der Waals surface area contributed by atoms with Gasteiger partial charge in [-0.25, -0.2) is 0 Å². The van der Waals surface area contributed by atoms with Crippen molar-refractivity contribution in [2.24, 2.45) is 17.3 Å². The van der Waals surface area contributed by atoms with E-state index in [0.29, 0.717) is 11.5 Å². The van der Waals surface area contributed by atoms with Gasteiger partial charge in [0.05, 0.1) is 0 Å². The Morgan fingerprint density at radius 3 is 1.90 bits per heavy atom. The van der Waals surface area contributed by atoms with Crippen LogP contribution in [0, 0.1) is 17.3 Å². The summed E-state index contributed by atoms with van der Waals surface area (Å²) in [6.45, 7) is 22.8. The van der Waals surface area contributed by atoms with Gasteiger partial charge in [0.2, 0.25) is 0 Å². The molecule has 174 valence electrons. The van der Waals surface area contributed by atoms with Crippen molar-refractivity contribution in [2.45, 2.75) is 84.7 Å². The molecule has 3 saturated heterocycles. The molecule has 0 bridgehead atoms. The lowest BCUT2D eigenvalue weighted by molar-refractivity contribution is 0.0506. The number of piperidine rings is 2. The van der Waals surface area contributed by atoms with E-state index in [1.807, 2.05) is 0 Å². The predicted molar refractivity (Wildman–Crippen MR) is 128 cm³/mol. The highest BCUT2D eigenvalue weighted by molar-refractivity contribution is 4.97. The minimum Gasteiger partial charge on any atom is -0.303 e. The van der Waals surface area contributed by atoms with Crippen molar-refractivity contribution in [1.82, 2.24) is 19.6 Å². The van der Waals surface area contributed by atoms with Crippen molar-refractivity contribution >= 4 is 0 Å². The second-order valence-corrected chi connectivity index (χ2v) is 12.0. The highest BCUT2D eigenvalue weighted by Gasteiger charge is 2.44. The molecule has 30 heavy (non-hydrogen) atoms. The Labute approximate surface area is 187 Å². The fourth-order valence-electron chi connectivity index (χ4n) is 6.71.